The molecular weight excluding hydrogens is 424 g/mol. The molecule has 2 heterocycles. The van der Waals surface area contributed by atoms with Crippen molar-refractivity contribution in [3.8, 4) is 6.07 Å². The Balaban J connectivity index is 1.69. The molecular formula is C24H38N4O5. The Morgan fingerprint density at radius 1 is 1.15 bits per heavy atom. The fourth-order valence-electron chi connectivity index (χ4n) is 4.11. The first-order chi connectivity index (χ1) is 16.0. The Hall–Kier alpha value is -2.28. The molecule has 0 bridgehead atoms. The van der Waals surface area contributed by atoms with Crippen LogP contribution in [0.2, 0.25) is 0 Å². The summed E-state index contributed by atoms with van der Waals surface area (Å²) >= 11 is 0. The van der Waals surface area contributed by atoms with E-state index in [-0.39, 0.29) is 11.7 Å². The Morgan fingerprint density at radius 3 is 2.30 bits per heavy atom. The van der Waals surface area contributed by atoms with Crippen molar-refractivity contribution >= 4 is 11.7 Å². The van der Waals surface area contributed by atoms with Crippen molar-refractivity contribution < 1.29 is 19.7 Å². The van der Waals surface area contributed by atoms with Crippen LogP contribution in [0.15, 0.2) is 17.1 Å². The van der Waals surface area contributed by atoms with E-state index in [9.17, 15) is 25.1 Å². The molecule has 1 aliphatic rings. The van der Waals surface area contributed by atoms with Crippen LogP contribution in [0.3, 0.4) is 0 Å². The first kappa shape index (κ1) is 27.0. The quantitative estimate of drug-likeness (QED) is 0.340. The van der Waals surface area contributed by atoms with Crippen LogP contribution in [0.4, 0.5) is 5.82 Å². The lowest BCUT2D eigenvalue weighted by atomic mass is 10.0. The van der Waals surface area contributed by atoms with Gasteiger partial charge in [0.15, 0.2) is 6.23 Å². The Kier molecular flexibility index (Phi) is 12.1. The Morgan fingerprint density at radius 2 is 1.76 bits per heavy atom. The lowest BCUT2D eigenvalue weighted by Gasteiger charge is -2.16. The van der Waals surface area contributed by atoms with E-state index in [2.05, 4.69) is 17.2 Å². The second kappa shape index (κ2) is 14.8. The highest BCUT2D eigenvalue weighted by Gasteiger charge is 2.45. The number of aliphatic hydroxyl groups excluding tert-OH is 2. The standard InChI is InChI=1S/C24H38N4O5/c1-2-3-4-5-6-7-8-9-10-11-12-13-21(30)26-20-14-15-28(24(32)27-20)23-18(16-25)22(31)19(17-29)33-23/h14-15,18-19,22-23,29,31H,2-13,17H2,1H3,(H,26,27,30,32)/t18?,19-,22+,23-/m1/s1. The number of carbonyl (C=O) groups excluding carboxylic acids is 1. The van der Waals surface area contributed by atoms with Gasteiger partial charge in [0.2, 0.25) is 5.91 Å². The monoisotopic (exact) mass is 462 g/mol. The molecule has 33 heavy (non-hydrogen) atoms. The van der Waals surface area contributed by atoms with Gasteiger partial charge >= 0.3 is 5.69 Å². The molecule has 0 aliphatic carbocycles. The number of hydrogen-bond donors (Lipinski definition) is 3. The summed E-state index contributed by atoms with van der Waals surface area (Å²) in [5, 5.41) is 31.2. The van der Waals surface area contributed by atoms with Gasteiger partial charge in [-0.15, -0.1) is 0 Å². The summed E-state index contributed by atoms with van der Waals surface area (Å²) < 4.78 is 6.54. The lowest BCUT2D eigenvalue weighted by Crippen LogP contribution is -2.32. The van der Waals surface area contributed by atoms with E-state index in [1.165, 1.54) is 63.6 Å². The van der Waals surface area contributed by atoms with Crippen molar-refractivity contribution in [3.05, 3.63) is 22.7 Å². The zero-order valence-electron chi connectivity index (χ0n) is 19.6. The molecule has 1 saturated heterocycles. The molecule has 0 radical (unpaired) electrons. The van der Waals surface area contributed by atoms with Crippen LogP contribution in [-0.4, -0.2) is 44.5 Å². The third kappa shape index (κ3) is 8.54. The number of nitrogens with zero attached hydrogens (tertiary/aromatic N) is 3. The van der Waals surface area contributed by atoms with Gasteiger partial charge in [-0.1, -0.05) is 71.1 Å². The fourth-order valence-corrected chi connectivity index (χ4v) is 4.11. The van der Waals surface area contributed by atoms with Crippen molar-refractivity contribution in [2.75, 3.05) is 11.9 Å². The van der Waals surface area contributed by atoms with E-state index < -0.39 is 36.7 Å². The van der Waals surface area contributed by atoms with Crippen molar-refractivity contribution in [2.24, 2.45) is 5.92 Å². The average Bonchev–Trinajstić information content (AvgIpc) is 3.12. The number of unbranched alkanes of at least 4 members (excludes halogenated alkanes) is 10. The predicted octanol–water partition coefficient (Wildman–Crippen LogP) is 3.27. The number of hydrogen-bond acceptors (Lipinski definition) is 7. The van der Waals surface area contributed by atoms with Crippen LogP contribution in [0, 0.1) is 17.2 Å². The highest BCUT2D eigenvalue weighted by atomic mass is 16.5. The summed E-state index contributed by atoms with van der Waals surface area (Å²) in [6.45, 7) is 1.76. The minimum absolute atomic E-state index is 0.134. The summed E-state index contributed by atoms with van der Waals surface area (Å²) in [6, 6.07) is 3.37. The third-order valence-electron chi connectivity index (χ3n) is 6.08. The first-order valence-electron chi connectivity index (χ1n) is 12.2. The molecule has 184 valence electrons. The summed E-state index contributed by atoms with van der Waals surface area (Å²) in [6.07, 6.45) is 11.8. The number of carbonyl (C=O) groups is 1. The summed E-state index contributed by atoms with van der Waals surface area (Å²) in [7, 11) is 0. The van der Waals surface area contributed by atoms with E-state index in [0.717, 1.165) is 23.8 Å². The SMILES string of the molecule is CCCCCCCCCCCCCC(=O)Nc1ccn([C@@H]2O[C@H](CO)[C@@H](O)C2C#N)c(=O)n1. The number of rotatable bonds is 15. The zero-order valence-corrected chi connectivity index (χ0v) is 19.6. The van der Waals surface area contributed by atoms with Crippen LogP contribution in [0.5, 0.6) is 0 Å². The number of nitriles is 1. The van der Waals surface area contributed by atoms with E-state index in [1.54, 1.807) is 0 Å². The van der Waals surface area contributed by atoms with E-state index >= 15 is 0 Å². The Bertz CT molecular complexity index is 822. The molecule has 9 nitrogen and oxygen atoms in total. The summed E-state index contributed by atoms with van der Waals surface area (Å²) in [4.78, 5) is 28.4. The van der Waals surface area contributed by atoms with Crippen LogP contribution >= 0.6 is 0 Å². The van der Waals surface area contributed by atoms with Gasteiger partial charge in [-0.25, -0.2) is 4.79 Å². The highest BCUT2D eigenvalue weighted by Crippen LogP contribution is 2.33. The summed E-state index contributed by atoms with van der Waals surface area (Å²) in [5.74, 6) is -1.07. The maximum Gasteiger partial charge on any atom is 0.351 e. The second-order valence-corrected chi connectivity index (χ2v) is 8.73. The van der Waals surface area contributed by atoms with Crippen molar-refractivity contribution in [2.45, 2.75) is 102 Å². The van der Waals surface area contributed by atoms with Gasteiger partial charge in [0, 0.05) is 12.6 Å². The van der Waals surface area contributed by atoms with Gasteiger partial charge in [-0.2, -0.15) is 10.2 Å². The first-order valence-corrected chi connectivity index (χ1v) is 12.2. The number of amides is 1. The molecule has 1 aromatic heterocycles. The van der Waals surface area contributed by atoms with Crippen LogP contribution in [-0.2, 0) is 9.53 Å². The number of aromatic nitrogens is 2. The third-order valence-corrected chi connectivity index (χ3v) is 6.08. The molecule has 0 saturated carbocycles. The Labute approximate surface area is 195 Å². The predicted molar refractivity (Wildman–Crippen MR) is 124 cm³/mol. The van der Waals surface area contributed by atoms with Gasteiger partial charge in [0.1, 0.15) is 23.9 Å². The van der Waals surface area contributed by atoms with Gasteiger partial charge in [0.05, 0.1) is 12.7 Å². The van der Waals surface area contributed by atoms with E-state index in [0.29, 0.717) is 6.42 Å². The maximum atomic E-state index is 12.4. The number of aliphatic hydroxyl groups is 2. The largest absolute Gasteiger partial charge is 0.394 e. The molecule has 0 aromatic carbocycles. The van der Waals surface area contributed by atoms with Crippen LogP contribution < -0.4 is 11.0 Å². The molecule has 2 rings (SSSR count). The molecule has 4 atom stereocenters. The number of nitrogens with one attached hydrogen (secondary N) is 1. The minimum atomic E-state index is -1.21. The average molecular weight is 463 g/mol. The number of ether oxygens (including phenoxy) is 1. The maximum absolute atomic E-state index is 12.4. The van der Waals surface area contributed by atoms with Crippen LogP contribution in [0.25, 0.3) is 0 Å². The molecule has 0 spiro atoms. The minimum Gasteiger partial charge on any atom is -0.394 e. The highest BCUT2D eigenvalue weighted by molar-refractivity contribution is 5.89. The van der Waals surface area contributed by atoms with Gasteiger partial charge < -0.3 is 20.3 Å². The van der Waals surface area contributed by atoms with E-state index in [4.69, 9.17) is 4.74 Å². The number of anilines is 1. The summed E-state index contributed by atoms with van der Waals surface area (Å²) in [5.41, 5.74) is -0.710. The van der Waals surface area contributed by atoms with Crippen molar-refractivity contribution in [1.82, 2.24) is 9.55 Å². The molecule has 1 fully saturated rings. The topological polar surface area (TPSA) is 137 Å². The molecule has 1 aliphatic heterocycles. The van der Waals surface area contributed by atoms with Crippen LogP contribution in [0.1, 0.15) is 90.2 Å². The molecule has 3 N–H and O–H groups in total. The van der Waals surface area contributed by atoms with Crippen molar-refractivity contribution in [1.29, 1.82) is 5.26 Å². The second-order valence-electron chi connectivity index (χ2n) is 8.73. The van der Waals surface area contributed by atoms with Gasteiger partial charge in [-0.05, 0) is 12.5 Å². The molecule has 1 amide bonds. The molecule has 9 heteroatoms. The molecule has 1 unspecified atom stereocenters. The van der Waals surface area contributed by atoms with Gasteiger partial charge in [-0.3, -0.25) is 9.36 Å². The van der Waals surface area contributed by atoms with Gasteiger partial charge in [0.25, 0.3) is 0 Å². The smallest absolute Gasteiger partial charge is 0.351 e. The van der Waals surface area contributed by atoms with Crippen molar-refractivity contribution in [3.63, 3.8) is 0 Å². The van der Waals surface area contributed by atoms with E-state index in [1.807, 2.05) is 6.07 Å². The normalized spacial score (nSPS) is 22.2. The zero-order chi connectivity index (χ0) is 24.1. The lowest BCUT2D eigenvalue weighted by molar-refractivity contribution is -0.116. The molecule has 1 aromatic rings. The fraction of sp³-hybridized carbons (Fsp3) is 0.750.